The van der Waals surface area contributed by atoms with Crippen molar-refractivity contribution in [2.75, 3.05) is 0 Å². The third kappa shape index (κ3) is 2.32. The van der Waals surface area contributed by atoms with Crippen LogP contribution in [0.2, 0.25) is 0 Å². The van der Waals surface area contributed by atoms with E-state index in [9.17, 15) is 0 Å². The molecule has 2 rings (SSSR count). The maximum absolute atomic E-state index is 5.26. The van der Waals surface area contributed by atoms with Crippen LogP contribution in [0.4, 0.5) is 0 Å². The first-order valence-electron chi connectivity index (χ1n) is 5.74. The predicted octanol–water partition coefficient (Wildman–Crippen LogP) is 3.60. The summed E-state index contributed by atoms with van der Waals surface area (Å²) in [5.74, 6) is 0.913. The summed E-state index contributed by atoms with van der Waals surface area (Å²) < 4.78 is 2.72. The van der Waals surface area contributed by atoms with Crippen LogP contribution in [0.15, 0.2) is 5.51 Å². The van der Waals surface area contributed by atoms with Crippen LogP contribution in [0.1, 0.15) is 38.9 Å². The van der Waals surface area contributed by atoms with Crippen LogP contribution in [0.5, 0.6) is 0 Å². The zero-order valence-electron chi connectivity index (χ0n) is 10.2. The lowest BCUT2D eigenvalue weighted by Gasteiger charge is -2.09. The van der Waals surface area contributed by atoms with Crippen LogP contribution in [0.3, 0.4) is 0 Å². The molecule has 0 atom stereocenters. The van der Waals surface area contributed by atoms with Gasteiger partial charge in [0.05, 0.1) is 16.1 Å². The van der Waals surface area contributed by atoms with Crippen LogP contribution in [0, 0.1) is 4.77 Å². The lowest BCUT2D eigenvalue weighted by Crippen LogP contribution is -2.03. The fourth-order valence-electron chi connectivity index (χ4n) is 1.81. The van der Waals surface area contributed by atoms with Crippen LogP contribution < -0.4 is 0 Å². The van der Waals surface area contributed by atoms with Gasteiger partial charge >= 0.3 is 0 Å². The highest BCUT2D eigenvalue weighted by molar-refractivity contribution is 7.71. The Morgan fingerprint density at radius 2 is 2.29 bits per heavy atom. The van der Waals surface area contributed by atoms with Gasteiger partial charge in [0.25, 0.3) is 0 Å². The molecule has 2 aromatic rings. The van der Waals surface area contributed by atoms with E-state index >= 15 is 0 Å². The van der Waals surface area contributed by atoms with E-state index in [2.05, 4.69) is 36.0 Å². The van der Waals surface area contributed by atoms with Gasteiger partial charge in [0.2, 0.25) is 0 Å². The molecule has 0 radical (unpaired) electrons. The summed E-state index contributed by atoms with van der Waals surface area (Å²) >= 11 is 6.89. The van der Waals surface area contributed by atoms with Gasteiger partial charge in [-0.3, -0.25) is 9.67 Å². The largest absolute Gasteiger partial charge is 0.297 e. The topological polar surface area (TPSA) is 46.5 Å². The number of H-pyrrole nitrogens is 1. The summed E-state index contributed by atoms with van der Waals surface area (Å²) in [7, 11) is 0. The molecule has 92 valence electrons. The minimum absolute atomic E-state index is 0.299. The third-order valence-electron chi connectivity index (χ3n) is 2.55. The Morgan fingerprint density at radius 1 is 1.53 bits per heavy atom. The fourth-order valence-corrected chi connectivity index (χ4v) is 2.98. The lowest BCUT2D eigenvalue weighted by atomic mass is 10.2. The molecule has 0 amide bonds. The minimum Gasteiger partial charge on any atom is -0.297 e. The van der Waals surface area contributed by atoms with Crippen molar-refractivity contribution in [3.05, 3.63) is 16.0 Å². The molecule has 2 heterocycles. The van der Waals surface area contributed by atoms with E-state index in [0.717, 1.165) is 29.2 Å². The Morgan fingerprint density at radius 3 is 2.94 bits per heavy atom. The van der Waals surface area contributed by atoms with Gasteiger partial charge < -0.3 is 0 Å². The summed E-state index contributed by atoms with van der Waals surface area (Å²) in [4.78, 5) is 5.54. The highest BCUT2D eigenvalue weighted by Gasteiger charge is 2.16. The number of aromatic nitrogens is 4. The molecule has 0 aliphatic heterocycles. The number of aryl methyl sites for hydroxylation is 1. The zero-order valence-corrected chi connectivity index (χ0v) is 11.9. The summed E-state index contributed by atoms with van der Waals surface area (Å²) in [6.45, 7) is 6.37. The summed E-state index contributed by atoms with van der Waals surface area (Å²) in [5, 5.41) is 7.21. The number of thiazole rings is 1. The Balaban J connectivity index is 2.53. The molecule has 4 nitrogen and oxygen atoms in total. The van der Waals surface area contributed by atoms with Crippen LogP contribution >= 0.6 is 23.6 Å². The van der Waals surface area contributed by atoms with Crippen molar-refractivity contribution in [3.8, 4) is 10.7 Å². The van der Waals surface area contributed by atoms with Crippen molar-refractivity contribution >= 4 is 23.6 Å². The lowest BCUT2D eigenvalue weighted by molar-refractivity contribution is 0.597. The number of aromatic amines is 1. The molecule has 0 aromatic carbocycles. The Bertz CT molecular complexity index is 550. The molecule has 1 N–H and O–H groups in total. The van der Waals surface area contributed by atoms with Crippen LogP contribution in [-0.2, 0) is 6.42 Å². The molecule has 0 aliphatic rings. The second-order valence-corrected chi connectivity index (χ2v) is 5.44. The summed E-state index contributed by atoms with van der Waals surface area (Å²) in [6, 6.07) is 0.299. The monoisotopic (exact) mass is 268 g/mol. The normalized spacial score (nSPS) is 11.3. The quantitative estimate of drug-likeness (QED) is 0.862. The molecular weight excluding hydrogens is 252 g/mol. The molecule has 2 aromatic heterocycles. The number of hydrogen-bond acceptors (Lipinski definition) is 4. The minimum atomic E-state index is 0.299. The SMILES string of the molecule is CCCc1ncsc1-c1n[nH]c(=S)n1C(C)C. The molecule has 0 unspecified atom stereocenters. The van der Waals surface area contributed by atoms with Gasteiger partial charge in [0, 0.05) is 6.04 Å². The molecule has 0 fully saturated rings. The van der Waals surface area contributed by atoms with Crippen molar-refractivity contribution < 1.29 is 0 Å². The number of rotatable bonds is 4. The molecule has 6 heteroatoms. The highest BCUT2D eigenvalue weighted by atomic mass is 32.1. The predicted molar refractivity (Wildman–Crippen MR) is 72.9 cm³/mol. The highest BCUT2D eigenvalue weighted by Crippen LogP contribution is 2.28. The van der Waals surface area contributed by atoms with Crippen molar-refractivity contribution in [2.24, 2.45) is 0 Å². The van der Waals surface area contributed by atoms with E-state index in [4.69, 9.17) is 12.2 Å². The Labute approximate surface area is 110 Å². The van der Waals surface area contributed by atoms with Gasteiger partial charge in [-0.25, -0.2) is 4.98 Å². The van der Waals surface area contributed by atoms with Gasteiger partial charge in [0.1, 0.15) is 0 Å². The second kappa shape index (κ2) is 5.10. The van der Waals surface area contributed by atoms with E-state index in [1.54, 1.807) is 11.3 Å². The zero-order chi connectivity index (χ0) is 12.4. The van der Waals surface area contributed by atoms with Gasteiger partial charge in [-0.2, -0.15) is 5.10 Å². The van der Waals surface area contributed by atoms with Crippen LogP contribution in [0.25, 0.3) is 10.7 Å². The van der Waals surface area contributed by atoms with E-state index < -0.39 is 0 Å². The average molecular weight is 268 g/mol. The Hall–Kier alpha value is -1.01. The maximum Gasteiger partial charge on any atom is 0.195 e. The molecule has 0 bridgehead atoms. The maximum atomic E-state index is 5.26. The number of nitrogens with one attached hydrogen (secondary N) is 1. The van der Waals surface area contributed by atoms with Crippen molar-refractivity contribution in [2.45, 2.75) is 39.7 Å². The Kier molecular flexibility index (Phi) is 3.73. The first-order valence-corrected chi connectivity index (χ1v) is 7.03. The number of hydrogen-bond donors (Lipinski definition) is 1. The molecule has 0 saturated carbocycles. The van der Waals surface area contributed by atoms with Gasteiger partial charge in [-0.05, 0) is 32.5 Å². The number of nitrogens with zero attached hydrogens (tertiary/aromatic N) is 3. The first-order chi connectivity index (χ1) is 8.15. The van der Waals surface area contributed by atoms with Crippen LogP contribution in [-0.4, -0.2) is 19.7 Å². The van der Waals surface area contributed by atoms with Crippen molar-refractivity contribution in [1.29, 1.82) is 0 Å². The van der Waals surface area contributed by atoms with Crippen molar-refractivity contribution in [3.63, 3.8) is 0 Å². The molecule has 0 spiro atoms. The standard InChI is InChI=1S/C11H16N4S2/c1-4-5-8-9(17-6-12-8)10-13-14-11(16)15(10)7(2)3/h6-7H,4-5H2,1-3H3,(H,14,16). The van der Waals surface area contributed by atoms with Gasteiger partial charge in [-0.15, -0.1) is 11.3 Å². The summed E-state index contributed by atoms with van der Waals surface area (Å²) in [6.07, 6.45) is 2.07. The molecule has 0 aliphatic carbocycles. The fraction of sp³-hybridized carbons (Fsp3) is 0.545. The van der Waals surface area contributed by atoms with Crippen molar-refractivity contribution in [1.82, 2.24) is 19.7 Å². The molecular formula is C11H16N4S2. The van der Waals surface area contributed by atoms with E-state index in [1.807, 2.05) is 10.1 Å². The van der Waals surface area contributed by atoms with Gasteiger partial charge in [0.15, 0.2) is 10.6 Å². The smallest absolute Gasteiger partial charge is 0.195 e. The molecule has 17 heavy (non-hydrogen) atoms. The van der Waals surface area contributed by atoms with E-state index in [-0.39, 0.29) is 0 Å². The third-order valence-corrected chi connectivity index (χ3v) is 3.70. The summed E-state index contributed by atoms with van der Waals surface area (Å²) in [5.41, 5.74) is 3.00. The first kappa shape index (κ1) is 12.4. The van der Waals surface area contributed by atoms with E-state index in [1.165, 1.54) is 0 Å². The second-order valence-electron chi connectivity index (χ2n) is 4.19. The molecule has 0 saturated heterocycles. The van der Waals surface area contributed by atoms with Gasteiger partial charge in [-0.1, -0.05) is 13.3 Å². The van der Waals surface area contributed by atoms with E-state index in [0.29, 0.717) is 10.8 Å². The average Bonchev–Trinajstić information content (AvgIpc) is 2.84.